The molecule has 1 unspecified atom stereocenters. The van der Waals surface area contributed by atoms with Gasteiger partial charge in [0.15, 0.2) is 0 Å². The number of piperidine rings is 1. The summed E-state index contributed by atoms with van der Waals surface area (Å²) in [5.74, 6) is -0.480. The van der Waals surface area contributed by atoms with E-state index in [1.807, 2.05) is 19.1 Å². The SMILES string of the molecule is COc1ccc(N2C(=O)CCCC2=O)cc1S(=O)(=O)N1c2ccccc2CC1C. The number of sulfonamides is 1. The van der Waals surface area contributed by atoms with Crippen LogP contribution in [-0.4, -0.2) is 33.4 Å². The fraction of sp³-hybridized carbons (Fsp3) is 0.333. The zero-order valence-electron chi connectivity index (χ0n) is 16.3. The molecule has 2 aromatic rings. The first-order valence-electron chi connectivity index (χ1n) is 9.50. The van der Waals surface area contributed by atoms with E-state index in [-0.39, 0.29) is 47.0 Å². The van der Waals surface area contributed by atoms with Gasteiger partial charge in [0.2, 0.25) is 11.8 Å². The number of carbonyl (C=O) groups excluding carboxylic acids is 2. The smallest absolute Gasteiger partial charge is 0.268 e. The van der Waals surface area contributed by atoms with Crippen LogP contribution in [0.25, 0.3) is 0 Å². The molecule has 0 aliphatic carbocycles. The predicted molar refractivity (Wildman–Crippen MR) is 109 cm³/mol. The molecule has 0 spiro atoms. The minimum absolute atomic E-state index is 0.0628. The second kappa shape index (κ2) is 7.18. The third-order valence-corrected chi connectivity index (χ3v) is 7.32. The number of imide groups is 1. The Bertz CT molecular complexity index is 1080. The molecule has 2 aliphatic heterocycles. The van der Waals surface area contributed by atoms with Crippen LogP contribution in [0.2, 0.25) is 0 Å². The highest BCUT2D eigenvalue weighted by atomic mass is 32.2. The van der Waals surface area contributed by atoms with Crippen molar-refractivity contribution in [1.82, 2.24) is 0 Å². The molecule has 29 heavy (non-hydrogen) atoms. The van der Waals surface area contributed by atoms with Crippen molar-refractivity contribution in [1.29, 1.82) is 0 Å². The largest absolute Gasteiger partial charge is 0.495 e. The van der Waals surface area contributed by atoms with Gasteiger partial charge in [-0.25, -0.2) is 8.42 Å². The average molecular weight is 414 g/mol. The molecule has 0 aromatic heterocycles. The van der Waals surface area contributed by atoms with Crippen molar-refractivity contribution in [2.75, 3.05) is 16.3 Å². The van der Waals surface area contributed by atoms with Gasteiger partial charge in [-0.1, -0.05) is 18.2 Å². The van der Waals surface area contributed by atoms with Gasteiger partial charge in [-0.15, -0.1) is 0 Å². The van der Waals surface area contributed by atoms with E-state index in [0.717, 1.165) is 10.5 Å². The highest BCUT2D eigenvalue weighted by molar-refractivity contribution is 7.93. The van der Waals surface area contributed by atoms with Crippen LogP contribution >= 0.6 is 0 Å². The van der Waals surface area contributed by atoms with Crippen LogP contribution in [0.1, 0.15) is 31.7 Å². The van der Waals surface area contributed by atoms with Crippen LogP contribution in [0.5, 0.6) is 5.75 Å². The maximum Gasteiger partial charge on any atom is 0.268 e. The van der Waals surface area contributed by atoms with E-state index in [9.17, 15) is 18.0 Å². The molecule has 0 N–H and O–H groups in total. The molecule has 2 aromatic carbocycles. The van der Waals surface area contributed by atoms with Crippen molar-refractivity contribution in [2.24, 2.45) is 0 Å². The zero-order chi connectivity index (χ0) is 20.8. The minimum atomic E-state index is -3.98. The number of amides is 2. The molecule has 1 saturated heterocycles. The van der Waals surface area contributed by atoms with Crippen LogP contribution < -0.4 is 13.9 Å². The van der Waals surface area contributed by atoms with E-state index >= 15 is 0 Å². The van der Waals surface area contributed by atoms with Crippen molar-refractivity contribution in [3.05, 3.63) is 48.0 Å². The Balaban J connectivity index is 1.83. The minimum Gasteiger partial charge on any atom is -0.495 e. The van der Waals surface area contributed by atoms with Gasteiger partial charge < -0.3 is 4.74 Å². The first-order chi connectivity index (χ1) is 13.8. The summed E-state index contributed by atoms with van der Waals surface area (Å²) in [5.41, 5.74) is 1.84. The standard InChI is InChI=1S/C21H22N2O5S/c1-14-12-15-6-3-4-7-17(15)23(14)29(26,27)19-13-16(10-11-18(19)28-2)22-20(24)8-5-9-21(22)25/h3-4,6-7,10-11,13-14H,5,8-9,12H2,1-2H3. The molecule has 1 fully saturated rings. The highest BCUT2D eigenvalue weighted by Gasteiger charge is 2.38. The Kier molecular flexibility index (Phi) is 4.82. The molecule has 7 nitrogen and oxygen atoms in total. The zero-order valence-corrected chi connectivity index (χ0v) is 17.1. The van der Waals surface area contributed by atoms with Crippen LogP contribution in [0.4, 0.5) is 11.4 Å². The number of fused-ring (bicyclic) bond motifs is 1. The lowest BCUT2D eigenvalue weighted by Crippen LogP contribution is -2.40. The summed E-state index contributed by atoms with van der Waals surface area (Å²) in [5, 5.41) is 0. The molecular formula is C21H22N2O5S. The fourth-order valence-corrected chi connectivity index (χ4v) is 5.93. The van der Waals surface area contributed by atoms with Gasteiger partial charge in [-0.3, -0.25) is 18.8 Å². The van der Waals surface area contributed by atoms with E-state index < -0.39 is 10.0 Å². The number of anilines is 2. The number of carbonyl (C=O) groups is 2. The van der Waals surface area contributed by atoms with Gasteiger partial charge in [0.05, 0.1) is 18.5 Å². The number of para-hydroxylation sites is 1. The summed E-state index contributed by atoms with van der Waals surface area (Å²) >= 11 is 0. The molecule has 1 atom stereocenters. The van der Waals surface area contributed by atoms with E-state index in [1.54, 1.807) is 18.2 Å². The first-order valence-corrected chi connectivity index (χ1v) is 10.9. The number of methoxy groups -OCH3 is 1. The number of rotatable bonds is 4. The number of benzene rings is 2. The second-order valence-electron chi connectivity index (χ2n) is 7.29. The number of hydrogen-bond donors (Lipinski definition) is 0. The third kappa shape index (κ3) is 3.17. The summed E-state index contributed by atoms with van der Waals surface area (Å²) in [6.45, 7) is 1.85. The highest BCUT2D eigenvalue weighted by Crippen LogP contribution is 2.40. The van der Waals surface area contributed by atoms with Crippen molar-refractivity contribution >= 4 is 33.2 Å². The average Bonchev–Trinajstić information content (AvgIpc) is 3.04. The second-order valence-corrected chi connectivity index (χ2v) is 9.08. The quantitative estimate of drug-likeness (QED) is 0.719. The number of ether oxygens (including phenoxy) is 1. The topological polar surface area (TPSA) is 84.0 Å². The van der Waals surface area contributed by atoms with Gasteiger partial charge in [-0.05, 0) is 49.6 Å². The van der Waals surface area contributed by atoms with Crippen LogP contribution in [-0.2, 0) is 26.0 Å². The Morgan fingerprint density at radius 3 is 2.41 bits per heavy atom. The van der Waals surface area contributed by atoms with Crippen LogP contribution in [0, 0.1) is 0 Å². The summed E-state index contributed by atoms with van der Waals surface area (Å²) in [6, 6.07) is 11.5. The van der Waals surface area contributed by atoms with Gasteiger partial charge in [0, 0.05) is 18.9 Å². The lowest BCUT2D eigenvalue weighted by Gasteiger charge is -2.28. The van der Waals surface area contributed by atoms with E-state index in [2.05, 4.69) is 0 Å². The molecule has 152 valence electrons. The van der Waals surface area contributed by atoms with E-state index in [0.29, 0.717) is 18.5 Å². The summed E-state index contributed by atoms with van der Waals surface area (Å²) < 4.78 is 34.0. The Morgan fingerprint density at radius 1 is 1.03 bits per heavy atom. The molecule has 2 amide bonds. The maximum absolute atomic E-state index is 13.6. The van der Waals surface area contributed by atoms with Gasteiger partial charge in [0.1, 0.15) is 10.6 Å². The van der Waals surface area contributed by atoms with Crippen molar-refractivity contribution in [3.63, 3.8) is 0 Å². The van der Waals surface area contributed by atoms with Gasteiger partial charge >= 0.3 is 0 Å². The monoisotopic (exact) mass is 414 g/mol. The van der Waals surface area contributed by atoms with Crippen LogP contribution in [0.3, 0.4) is 0 Å². The molecule has 0 saturated carbocycles. The molecule has 0 bridgehead atoms. The Labute approximate surface area is 169 Å². The first kappa shape index (κ1) is 19.4. The lowest BCUT2D eigenvalue weighted by molar-refractivity contribution is -0.129. The summed E-state index contributed by atoms with van der Waals surface area (Å²) in [4.78, 5) is 25.6. The maximum atomic E-state index is 13.6. The molecule has 2 heterocycles. The van der Waals surface area contributed by atoms with Crippen molar-refractivity contribution in [2.45, 2.75) is 43.5 Å². The summed E-state index contributed by atoms with van der Waals surface area (Å²) in [6.07, 6.45) is 1.64. The van der Waals surface area contributed by atoms with E-state index in [4.69, 9.17) is 4.74 Å². The fourth-order valence-electron chi connectivity index (χ4n) is 4.06. The summed E-state index contributed by atoms with van der Waals surface area (Å²) in [7, 11) is -2.59. The van der Waals surface area contributed by atoms with E-state index in [1.165, 1.54) is 23.5 Å². The van der Waals surface area contributed by atoms with Gasteiger partial charge in [-0.2, -0.15) is 0 Å². The molecular weight excluding hydrogens is 392 g/mol. The molecule has 0 radical (unpaired) electrons. The third-order valence-electron chi connectivity index (χ3n) is 5.37. The normalized spacial score (nSPS) is 19.4. The Hall–Kier alpha value is -2.87. The number of hydrogen-bond acceptors (Lipinski definition) is 5. The van der Waals surface area contributed by atoms with Gasteiger partial charge in [0.25, 0.3) is 10.0 Å². The number of nitrogens with zero attached hydrogens (tertiary/aromatic N) is 2. The molecule has 4 rings (SSSR count). The molecule has 2 aliphatic rings. The predicted octanol–water partition coefficient (Wildman–Crippen LogP) is 2.88. The van der Waals surface area contributed by atoms with Crippen LogP contribution in [0.15, 0.2) is 47.4 Å². The van der Waals surface area contributed by atoms with Crippen molar-refractivity contribution in [3.8, 4) is 5.75 Å². The van der Waals surface area contributed by atoms with Crippen molar-refractivity contribution < 1.29 is 22.7 Å². The molecule has 8 heteroatoms. The Morgan fingerprint density at radius 2 is 1.72 bits per heavy atom. The lowest BCUT2D eigenvalue weighted by atomic mass is 10.1.